The number of para-hydroxylation sites is 1. The van der Waals surface area contributed by atoms with E-state index in [9.17, 15) is 13.6 Å². The molecule has 106 valence electrons. The Kier molecular flexibility index (Phi) is 3.17. The van der Waals surface area contributed by atoms with Crippen molar-refractivity contribution in [3.63, 3.8) is 0 Å². The van der Waals surface area contributed by atoms with Crippen molar-refractivity contribution in [1.29, 1.82) is 0 Å². The summed E-state index contributed by atoms with van der Waals surface area (Å²) in [5.74, 6) is -1.34. The molecular weight excluding hydrogens is 274 g/mol. The van der Waals surface area contributed by atoms with Gasteiger partial charge in [-0.1, -0.05) is 12.1 Å². The van der Waals surface area contributed by atoms with E-state index in [0.717, 1.165) is 0 Å². The predicted octanol–water partition coefficient (Wildman–Crippen LogP) is 4.01. The second-order valence-electron chi connectivity index (χ2n) is 4.75. The third kappa shape index (κ3) is 2.38. The number of fused-ring (bicyclic) bond motifs is 1. The van der Waals surface area contributed by atoms with Gasteiger partial charge in [0.15, 0.2) is 0 Å². The largest absolute Gasteiger partial charge is 0.350 e. The Hall–Kier alpha value is -2.69. The molecule has 0 bridgehead atoms. The van der Waals surface area contributed by atoms with Crippen LogP contribution in [0.25, 0.3) is 10.9 Å². The topological polar surface area (TPSA) is 44.9 Å². The van der Waals surface area contributed by atoms with E-state index in [2.05, 4.69) is 10.3 Å². The molecule has 5 heteroatoms. The summed E-state index contributed by atoms with van der Waals surface area (Å²) in [6.07, 6.45) is 0. The van der Waals surface area contributed by atoms with Gasteiger partial charge in [-0.3, -0.25) is 4.79 Å². The third-order valence-corrected chi connectivity index (χ3v) is 3.37. The fourth-order valence-electron chi connectivity index (χ4n) is 2.27. The molecule has 2 aromatic carbocycles. The quantitative estimate of drug-likeness (QED) is 0.734. The molecule has 3 nitrogen and oxygen atoms in total. The minimum absolute atomic E-state index is 0.103. The van der Waals surface area contributed by atoms with Gasteiger partial charge in [0.25, 0.3) is 5.91 Å². The lowest BCUT2D eigenvalue weighted by Gasteiger charge is -2.05. The van der Waals surface area contributed by atoms with E-state index in [1.54, 1.807) is 25.1 Å². The average Bonchev–Trinajstić information content (AvgIpc) is 2.79. The number of hydrogen-bond donors (Lipinski definition) is 2. The second-order valence-corrected chi connectivity index (χ2v) is 4.75. The molecule has 3 rings (SSSR count). The lowest BCUT2D eigenvalue weighted by atomic mass is 10.1. The highest BCUT2D eigenvalue weighted by Gasteiger charge is 2.16. The summed E-state index contributed by atoms with van der Waals surface area (Å²) in [7, 11) is 0. The van der Waals surface area contributed by atoms with E-state index in [-0.39, 0.29) is 11.5 Å². The summed E-state index contributed by atoms with van der Waals surface area (Å²) in [5.41, 5.74) is 1.68. The van der Waals surface area contributed by atoms with Crippen molar-refractivity contribution in [2.75, 3.05) is 5.32 Å². The standard InChI is InChI=1S/C16H12F2N2O/c1-9-11-8-10(17)6-7-13(11)19-15(9)16(21)20-14-5-3-2-4-12(14)18/h2-8,19H,1H3,(H,20,21). The first kappa shape index (κ1) is 13.3. The van der Waals surface area contributed by atoms with E-state index in [1.807, 2.05) is 0 Å². The highest BCUT2D eigenvalue weighted by atomic mass is 19.1. The molecule has 1 heterocycles. The van der Waals surface area contributed by atoms with Crippen molar-refractivity contribution in [2.45, 2.75) is 6.92 Å². The fourth-order valence-corrected chi connectivity index (χ4v) is 2.27. The van der Waals surface area contributed by atoms with Crippen molar-refractivity contribution >= 4 is 22.5 Å². The number of carbonyl (C=O) groups is 1. The number of nitrogens with one attached hydrogen (secondary N) is 2. The normalized spacial score (nSPS) is 10.8. The molecule has 0 fully saturated rings. The maximum Gasteiger partial charge on any atom is 0.272 e. The maximum atomic E-state index is 13.5. The van der Waals surface area contributed by atoms with E-state index >= 15 is 0 Å². The van der Waals surface area contributed by atoms with E-state index in [1.165, 1.54) is 24.3 Å². The maximum absolute atomic E-state index is 13.5. The number of benzene rings is 2. The smallest absolute Gasteiger partial charge is 0.272 e. The summed E-state index contributed by atoms with van der Waals surface area (Å²) >= 11 is 0. The van der Waals surface area contributed by atoms with Gasteiger partial charge in [-0.15, -0.1) is 0 Å². The molecule has 0 saturated heterocycles. The molecule has 21 heavy (non-hydrogen) atoms. The lowest BCUT2D eigenvalue weighted by Crippen LogP contribution is -2.14. The van der Waals surface area contributed by atoms with Crippen LogP contribution in [0.4, 0.5) is 14.5 Å². The Balaban J connectivity index is 1.99. The lowest BCUT2D eigenvalue weighted by molar-refractivity contribution is 0.102. The first-order valence-corrected chi connectivity index (χ1v) is 6.40. The molecule has 0 aliphatic carbocycles. The Labute approximate surface area is 119 Å². The SMILES string of the molecule is Cc1c(C(=O)Nc2ccccc2F)[nH]c2ccc(F)cc12. The number of aryl methyl sites for hydroxylation is 1. The number of halogens is 2. The molecule has 0 aliphatic rings. The van der Waals surface area contributed by atoms with Crippen LogP contribution in [0, 0.1) is 18.6 Å². The molecule has 0 spiro atoms. The number of rotatable bonds is 2. The number of carbonyl (C=O) groups excluding carboxylic acids is 1. The van der Waals surface area contributed by atoms with Gasteiger partial charge in [-0.05, 0) is 42.8 Å². The monoisotopic (exact) mass is 286 g/mol. The zero-order valence-corrected chi connectivity index (χ0v) is 11.2. The van der Waals surface area contributed by atoms with E-state index in [4.69, 9.17) is 0 Å². The minimum Gasteiger partial charge on any atom is -0.350 e. The van der Waals surface area contributed by atoms with Crippen LogP contribution in [0.3, 0.4) is 0 Å². The third-order valence-electron chi connectivity index (χ3n) is 3.37. The van der Waals surface area contributed by atoms with Crippen LogP contribution in [-0.4, -0.2) is 10.9 Å². The van der Waals surface area contributed by atoms with Crippen molar-refractivity contribution in [2.24, 2.45) is 0 Å². The van der Waals surface area contributed by atoms with Crippen molar-refractivity contribution in [1.82, 2.24) is 4.98 Å². The Bertz CT molecular complexity index is 839. The molecule has 0 atom stereocenters. The van der Waals surface area contributed by atoms with E-state index in [0.29, 0.717) is 22.2 Å². The fraction of sp³-hybridized carbons (Fsp3) is 0.0625. The molecule has 2 N–H and O–H groups in total. The summed E-state index contributed by atoms with van der Waals surface area (Å²) in [6.45, 7) is 1.72. The van der Waals surface area contributed by atoms with Crippen LogP contribution < -0.4 is 5.32 Å². The van der Waals surface area contributed by atoms with Crippen molar-refractivity contribution < 1.29 is 13.6 Å². The van der Waals surface area contributed by atoms with Crippen molar-refractivity contribution in [3.8, 4) is 0 Å². The number of anilines is 1. The molecule has 0 saturated carbocycles. The van der Waals surface area contributed by atoms with Gasteiger partial charge in [0.2, 0.25) is 0 Å². The van der Waals surface area contributed by atoms with Gasteiger partial charge >= 0.3 is 0 Å². The predicted molar refractivity (Wildman–Crippen MR) is 77.3 cm³/mol. The Morgan fingerprint density at radius 3 is 2.67 bits per heavy atom. The highest BCUT2D eigenvalue weighted by molar-refractivity contribution is 6.07. The average molecular weight is 286 g/mol. The van der Waals surface area contributed by atoms with Crippen LogP contribution in [0.1, 0.15) is 16.1 Å². The molecule has 0 unspecified atom stereocenters. The summed E-state index contributed by atoms with van der Waals surface area (Å²) < 4.78 is 26.8. The van der Waals surface area contributed by atoms with Crippen LogP contribution in [0.2, 0.25) is 0 Å². The van der Waals surface area contributed by atoms with Gasteiger partial charge in [0, 0.05) is 10.9 Å². The number of H-pyrrole nitrogens is 1. The number of hydrogen-bond acceptors (Lipinski definition) is 1. The van der Waals surface area contributed by atoms with Gasteiger partial charge < -0.3 is 10.3 Å². The zero-order valence-electron chi connectivity index (χ0n) is 11.2. The first-order valence-electron chi connectivity index (χ1n) is 6.40. The van der Waals surface area contributed by atoms with Gasteiger partial charge in [0.05, 0.1) is 5.69 Å². The van der Waals surface area contributed by atoms with Crippen LogP contribution in [0.5, 0.6) is 0 Å². The summed E-state index contributed by atoms with van der Waals surface area (Å²) in [6, 6.07) is 10.2. The van der Waals surface area contributed by atoms with Crippen LogP contribution >= 0.6 is 0 Å². The first-order chi connectivity index (χ1) is 10.1. The Morgan fingerprint density at radius 1 is 1.14 bits per heavy atom. The number of aromatic amines is 1. The van der Waals surface area contributed by atoms with Crippen molar-refractivity contribution in [3.05, 3.63) is 65.4 Å². The zero-order chi connectivity index (χ0) is 15.0. The van der Waals surface area contributed by atoms with Gasteiger partial charge in [-0.2, -0.15) is 0 Å². The molecular formula is C16H12F2N2O. The number of aromatic nitrogens is 1. The second kappa shape index (κ2) is 5.01. The van der Waals surface area contributed by atoms with E-state index < -0.39 is 11.7 Å². The highest BCUT2D eigenvalue weighted by Crippen LogP contribution is 2.23. The van der Waals surface area contributed by atoms with Gasteiger partial charge in [0.1, 0.15) is 17.3 Å². The molecule has 0 radical (unpaired) electrons. The van der Waals surface area contributed by atoms with Crippen LogP contribution in [0.15, 0.2) is 42.5 Å². The molecule has 1 aromatic heterocycles. The molecule has 0 aliphatic heterocycles. The summed E-state index contributed by atoms with van der Waals surface area (Å²) in [5, 5.41) is 3.14. The minimum atomic E-state index is -0.509. The van der Waals surface area contributed by atoms with Crippen LogP contribution in [-0.2, 0) is 0 Å². The number of amides is 1. The molecule has 1 amide bonds. The van der Waals surface area contributed by atoms with Gasteiger partial charge in [-0.25, -0.2) is 8.78 Å². The molecule has 3 aromatic rings. The summed E-state index contributed by atoms with van der Waals surface area (Å²) in [4.78, 5) is 15.2. The Morgan fingerprint density at radius 2 is 1.90 bits per heavy atom.